The van der Waals surface area contributed by atoms with Crippen molar-refractivity contribution in [3.8, 4) is 62.9 Å². The number of ether oxygens (including phenoxy) is 7. The minimum Gasteiger partial charge on any atom is -0.508 e. The number of carbonyl (C=O) groups is 10. The van der Waals surface area contributed by atoms with Gasteiger partial charge in [0.15, 0.2) is 17.6 Å². The summed E-state index contributed by atoms with van der Waals surface area (Å²) in [7, 11) is 4.91. The Balaban J connectivity index is 0.943. The van der Waals surface area contributed by atoms with E-state index in [-0.39, 0.29) is 118 Å². The summed E-state index contributed by atoms with van der Waals surface area (Å²) in [5.74, 6) is -14.3. The molecule has 6 fully saturated rings. The van der Waals surface area contributed by atoms with Gasteiger partial charge < -0.3 is 127 Å². The monoisotopic (exact) mass is 1730 g/mol. The third-order valence-corrected chi connectivity index (χ3v) is 23.9. The largest absolute Gasteiger partial charge is 0.508 e. The van der Waals surface area contributed by atoms with Crippen LogP contribution in [-0.2, 0) is 59.2 Å². The Kier molecular flexibility index (Phi) is 26.6. The number of phenols is 3. The Morgan fingerprint density at radius 1 is 0.623 bits per heavy atom. The molecule has 4 aliphatic carbocycles. The van der Waals surface area contributed by atoms with Crippen LogP contribution in [0.3, 0.4) is 0 Å². The van der Waals surface area contributed by atoms with Gasteiger partial charge in [0, 0.05) is 41.9 Å². The molecule has 19 N–H and O–H groups in total. The molecular formula is C84H96Cl2N12O24. The Labute approximate surface area is 708 Å². The Morgan fingerprint density at radius 3 is 1.92 bits per heavy atom. The molecule has 2 saturated heterocycles. The SMILES string of the molecule is CNCCOCc1cc(OCCNC)cc(C(=O)NC(=O)C[C@@H]2NC(=O)[C@H](NC(=O)[C@@H](CC(C)C)NC)[C@H](O)c3ccc(c(Cl)c3)Oc3cc4cc(c3O[C@@H]3O[C@@H]5CNC(=O)O[C@H]5[C@H](O)[C@H]3O)Oc3ccc(cc3Cl)[C@@H](O)[C@@H]3NC(=O)[C@H](NC(=O)[C@@H]4NC2=O)c2ccc(O)c(c2)-c2c(O)cc(O)cc2[C@@H](C(=O)NC2C4CC5CC(C4)CC2C5)NC3=O)c1. The highest BCUT2D eigenvalue weighted by Crippen LogP contribution is 2.55. The van der Waals surface area contributed by atoms with Crippen molar-refractivity contribution in [3.05, 3.63) is 146 Å². The molecule has 15 bridgehead atoms. The molecule has 7 heterocycles. The summed E-state index contributed by atoms with van der Waals surface area (Å²) in [4.78, 5) is 152. The van der Waals surface area contributed by atoms with Crippen LogP contribution < -0.4 is 82.7 Å². The third kappa shape index (κ3) is 19.0. The van der Waals surface area contributed by atoms with Crippen molar-refractivity contribution in [1.29, 1.82) is 0 Å². The summed E-state index contributed by atoms with van der Waals surface area (Å²) in [5, 5.41) is 116. The van der Waals surface area contributed by atoms with E-state index in [1.54, 1.807) is 20.2 Å². The van der Waals surface area contributed by atoms with E-state index in [1.165, 1.54) is 43.4 Å². The number of imide groups is 1. The first-order valence-corrected chi connectivity index (χ1v) is 41.0. The van der Waals surface area contributed by atoms with Crippen LogP contribution in [0, 0.1) is 29.6 Å². The van der Waals surface area contributed by atoms with Gasteiger partial charge in [0.1, 0.15) is 108 Å². The van der Waals surface area contributed by atoms with Crippen molar-refractivity contribution >= 4 is 82.5 Å². The molecule has 0 spiro atoms. The van der Waals surface area contributed by atoms with E-state index in [0.29, 0.717) is 30.5 Å². The Morgan fingerprint density at radius 2 is 1.26 bits per heavy atom. The van der Waals surface area contributed by atoms with Gasteiger partial charge in [0.05, 0.1) is 42.3 Å². The number of halogens is 2. The molecular weight excluding hydrogens is 1630 g/mol. The zero-order valence-electron chi connectivity index (χ0n) is 66.8. The number of aliphatic hydroxyl groups excluding tert-OH is 4. The van der Waals surface area contributed by atoms with E-state index < -0.39 is 196 Å². The predicted molar refractivity (Wildman–Crippen MR) is 432 cm³/mol. The molecule has 650 valence electrons. The van der Waals surface area contributed by atoms with Crippen LogP contribution in [0.15, 0.2) is 97.1 Å². The molecule has 4 saturated carbocycles. The van der Waals surface area contributed by atoms with Crippen molar-refractivity contribution in [2.24, 2.45) is 29.6 Å². The van der Waals surface area contributed by atoms with Crippen molar-refractivity contribution in [2.75, 3.05) is 54.0 Å². The third-order valence-electron chi connectivity index (χ3n) is 23.3. The zero-order chi connectivity index (χ0) is 86.8. The fourth-order valence-electron chi connectivity index (χ4n) is 17.5. The second-order valence-electron chi connectivity index (χ2n) is 32.3. The van der Waals surface area contributed by atoms with Crippen molar-refractivity contribution in [1.82, 2.24) is 63.8 Å². The summed E-state index contributed by atoms with van der Waals surface area (Å²) in [5.41, 5.74) is -1.89. The first-order valence-electron chi connectivity index (χ1n) is 40.2. The highest BCUT2D eigenvalue weighted by molar-refractivity contribution is 6.32. The molecule has 122 heavy (non-hydrogen) atoms. The van der Waals surface area contributed by atoms with Gasteiger partial charge in [-0.3, -0.25) is 48.5 Å². The average Bonchev–Trinajstić information content (AvgIpc) is 0.752. The number of hydrogen-bond acceptors (Lipinski definition) is 27. The van der Waals surface area contributed by atoms with Crippen molar-refractivity contribution < 1.29 is 117 Å². The Bertz CT molecular complexity index is 5030. The van der Waals surface area contributed by atoms with Gasteiger partial charge in [-0.15, -0.1) is 0 Å². The lowest BCUT2D eigenvalue weighted by molar-refractivity contribution is -0.275. The number of amides is 10. The van der Waals surface area contributed by atoms with E-state index >= 15 is 28.8 Å². The number of phenolic OH excluding ortho intramolecular Hbond substituents is 3. The summed E-state index contributed by atoms with van der Waals surface area (Å²) >= 11 is 14.4. The summed E-state index contributed by atoms with van der Waals surface area (Å²) < 4.78 is 43.2. The second kappa shape index (κ2) is 37.3. The van der Waals surface area contributed by atoms with Gasteiger partial charge in [-0.05, 0) is 195 Å². The molecule has 7 aliphatic heterocycles. The molecule has 11 aliphatic rings. The number of aliphatic hydroxyl groups is 4. The lowest BCUT2D eigenvalue weighted by Gasteiger charge is -2.54. The average molecular weight is 1730 g/mol. The number of nitrogens with one attached hydrogen (secondary N) is 12. The van der Waals surface area contributed by atoms with Gasteiger partial charge in [0.25, 0.3) is 5.91 Å². The van der Waals surface area contributed by atoms with Crippen molar-refractivity contribution in [3.63, 3.8) is 0 Å². The molecule has 36 nitrogen and oxygen atoms in total. The lowest BCUT2D eigenvalue weighted by atomic mass is 9.54. The normalized spacial score (nSPS) is 27.4. The Hall–Kier alpha value is -11.2. The van der Waals surface area contributed by atoms with Crippen LogP contribution in [0.1, 0.15) is 133 Å². The molecule has 6 aromatic carbocycles. The number of benzene rings is 6. The van der Waals surface area contributed by atoms with E-state index in [4.69, 9.17) is 56.4 Å². The quantitative estimate of drug-likeness (QED) is 0.0460. The first kappa shape index (κ1) is 87.2. The number of hydrogen-bond donors (Lipinski definition) is 19. The molecule has 14 atom stereocenters. The van der Waals surface area contributed by atoms with Gasteiger partial charge in [-0.2, -0.15) is 0 Å². The van der Waals surface area contributed by atoms with Crippen LogP contribution in [0.5, 0.6) is 51.7 Å². The lowest BCUT2D eigenvalue weighted by Crippen LogP contribution is -2.65. The summed E-state index contributed by atoms with van der Waals surface area (Å²) in [6.45, 7) is 4.58. The minimum atomic E-state index is -2.39. The first-order chi connectivity index (χ1) is 58.4. The fourth-order valence-corrected chi connectivity index (χ4v) is 17.9. The summed E-state index contributed by atoms with van der Waals surface area (Å²) in [6, 6.07) is 4.41. The number of fused-ring (bicyclic) bond motifs is 16. The van der Waals surface area contributed by atoms with Gasteiger partial charge >= 0.3 is 6.09 Å². The number of alkyl carbamates (subject to hydrolysis) is 1. The van der Waals surface area contributed by atoms with Crippen molar-refractivity contribution in [2.45, 2.75) is 157 Å². The predicted octanol–water partition coefficient (Wildman–Crippen LogP) is 3.29. The second-order valence-corrected chi connectivity index (χ2v) is 33.1. The number of likely N-dealkylation sites (N-methyl/N-ethyl adjacent to an activating group) is 3. The van der Waals surface area contributed by atoms with E-state index in [9.17, 15) is 54.9 Å². The minimum absolute atomic E-state index is 0.0242. The molecule has 38 heteroatoms. The van der Waals surface area contributed by atoms with Crippen LogP contribution in [-0.4, -0.2) is 210 Å². The van der Waals surface area contributed by atoms with E-state index in [0.717, 1.165) is 86.7 Å². The summed E-state index contributed by atoms with van der Waals surface area (Å²) in [6.07, 6.45) is -10.6. The number of rotatable bonds is 21. The highest BCUT2D eigenvalue weighted by atomic mass is 35.5. The molecule has 0 unspecified atom stereocenters. The topological polar surface area (TPSA) is 521 Å². The molecule has 6 aromatic rings. The van der Waals surface area contributed by atoms with Gasteiger partial charge in [0.2, 0.25) is 59.3 Å². The molecule has 0 radical (unpaired) electrons. The maximum atomic E-state index is 16.6. The maximum absolute atomic E-state index is 16.6. The van der Waals surface area contributed by atoms with Crippen LogP contribution >= 0.6 is 23.2 Å². The molecule has 17 rings (SSSR count). The molecule has 10 amide bonds. The van der Waals surface area contributed by atoms with Crippen LogP contribution in [0.4, 0.5) is 4.79 Å². The molecule has 0 aromatic heterocycles. The maximum Gasteiger partial charge on any atom is 0.407 e. The number of aromatic hydroxyl groups is 3. The van der Waals surface area contributed by atoms with E-state index in [1.807, 2.05) is 13.8 Å². The highest BCUT2D eigenvalue weighted by Gasteiger charge is 2.53. The number of carbonyl (C=O) groups excluding carboxylic acids is 10. The van der Waals surface area contributed by atoms with Gasteiger partial charge in [-0.1, -0.05) is 55.2 Å². The van der Waals surface area contributed by atoms with Gasteiger partial charge in [-0.25, -0.2) is 4.79 Å². The standard InChI is InChI=1S/C84H96Cl2N12O24/c1-35(2)16-52(89-5)76(108)97-67-69(103)40-7-10-56(50(85)26-40)118-58-28-44-29-59(73(58)121-83-72(106)71(105)74-60(120-83)33-90-84(115)122-74)119-57-11-8-41(27-51(57)86)70(104)68-82(114)96-66(80(112)93-63-42-18-36-17-37(20-42)21-43(63)19-36)49-30-46(99)31-55(101)62(49)48-25-39(6-9-54(48)100)64(78(110)98-68)95-79(111)65(44)94-77(109)53(91-81(67)113)32-61(102)92-75(107)45-22-38(34-116-14-12-87-3)23-47(24-45)117-15-13-88-4/h6-11,22-31,35-37,42-43,52-53,60,63-72,74,83,87-89,99-101,103-106H,12-21,32-34H2,1-5H3,(H,90,115)(H,91,113)(H,93,112)(H,94,109)(H,95,111)(H,96,114)(H,97,108)(H,98,110)(H,92,102,107)/t36?,37?,42?,43?,52-,53+,60-,63?,64-,65-,66+,67-,68+,69-,70-,71-,72-,74-,83+/m1/s1. The van der Waals surface area contributed by atoms with Crippen LogP contribution in [0.2, 0.25) is 10.0 Å². The zero-order valence-corrected chi connectivity index (χ0v) is 68.3. The fraction of sp³-hybridized carbons (Fsp3) is 0.452. The smallest absolute Gasteiger partial charge is 0.407 e. The van der Waals surface area contributed by atoms with Crippen LogP contribution in [0.25, 0.3) is 11.1 Å². The van der Waals surface area contributed by atoms with E-state index in [2.05, 4.69) is 63.8 Å².